The van der Waals surface area contributed by atoms with Gasteiger partial charge in [-0.3, -0.25) is 14.9 Å². The van der Waals surface area contributed by atoms with E-state index < -0.39 is 23.5 Å². The highest BCUT2D eigenvalue weighted by Gasteiger charge is 2.34. The molecule has 190 valence electrons. The number of nitrogens with two attached hydrogens (primary N) is 1. The zero-order valence-electron chi connectivity index (χ0n) is 21.3. The molecule has 0 radical (unpaired) electrons. The minimum absolute atomic E-state index is 0.246. The summed E-state index contributed by atoms with van der Waals surface area (Å²) < 4.78 is 5.23. The first-order valence-corrected chi connectivity index (χ1v) is 11.5. The number of aromatic nitrogens is 1. The maximum absolute atomic E-state index is 13.1. The fraction of sp³-hybridized carbons (Fsp3) is 0.480. The van der Waals surface area contributed by atoms with Crippen LogP contribution < -0.4 is 16.4 Å². The van der Waals surface area contributed by atoms with Crippen molar-refractivity contribution in [3.05, 3.63) is 41.9 Å². The molecular formula is C25H36N6O4. The Hall–Kier alpha value is -3.69. The Morgan fingerprint density at radius 1 is 1.29 bits per heavy atom. The highest BCUT2D eigenvalue weighted by Crippen LogP contribution is 2.26. The van der Waals surface area contributed by atoms with Gasteiger partial charge in [0.15, 0.2) is 0 Å². The van der Waals surface area contributed by atoms with Crippen molar-refractivity contribution in [1.29, 1.82) is 0 Å². The lowest BCUT2D eigenvalue weighted by Crippen LogP contribution is -2.51. The van der Waals surface area contributed by atoms with Crippen LogP contribution in [0.25, 0.3) is 0 Å². The lowest BCUT2D eigenvalue weighted by Gasteiger charge is -2.38. The molecule has 1 saturated heterocycles. The van der Waals surface area contributed by atoms with Gasteiger partial charge in [-0.25, -0.2) is 14.8 Å². The van der Waals surface area contributed by atoms with Gasteiger partial charge in [0, 0.05) is 12.8 Å². The van der Waals surface area contributed by atoms with E-state index in [0.29, 0.717) is 41.4 Å². The molecule has 0 aliphatic carbocycles. The maximum Gasteiger partial charge on any atom is 0.413 e. The van der Waals surface area contributed by atoms with Gasteiger partial charge in [-0.15, -0.1) is 0 Å². The number of hydrogen-bond donors (Lipinski definition) is 3. The molecule has 2 heterocycles. The molecule has 0 aromatic carbocycles. The van der Waals surface area contributed by atoms with E-state index >= 15 is 0 Å². The van der Waals surface area contributed by atoms with E-state index in [2.05, 4.69) is 27.2 Å². The lowest BCUT2D eigenvalue weighted by atomic mass is 9.90. The third-order valence-electron chi connectivity index (χ3n) is 5.33. The molecule has 10 heteroatoms. The Balaban J connectivity index is 2.11. The molecule has 0 spiro atoms. The molecular weight excluding hydrogens is 448 g/mol. The number of pyridine rings is 1. The van der Waals surface area contributed by atoms with Crippen LogP contribution >= 0.6 is 0 Å². The smallest absolute Gasteiger partial charge is 0.413 e. The highest BCUT2D eigenvalue weighted by atomic mass is 16.6. The first-order chi connectivity index (χ1) is 16.3. The topological polar surface area (TPSA) is 139 Å². The normalized spacial score (nSPS) is 18.8. The number of aryl methyl sites for hydroxylation is 1. The third kappa shape index (κ3) is 8.24. The zero-order valence-corrected chi connectivity index (χ0v) is 21.3. The summed E-state index contributed by atoms with van der Waals surface area (Å²) in [5.41, 5.74) is 6.61. The van der Waals surface area contributed by atoms with Crippen molar-refractivity contribution in [2.75, 3.05) is 17.2 Å². The van der Waals surface area contributed by atoms with E-state index in [9.17, 15) is 14.4 Å². The molecule has 1 aromatic heterocycles. The van der Waals surface area contributed by atoms with E-state index in [4.69, 9.17) is 10.5 Å². The molecule has 1 fully saturated rings. The van der Waals surface area contributed by atoms with Crippen LogP contribution in [-0.4, -0.2) is 52.2 Å². The monoisotopic (exact) mass is 484 g/mol. The van der Waals surface area contributed by atoms with Crippen molar-refractivity contribution >= 4 is 35.6 Å². The van der Waals surface area contributed by atoms with Crippen LogP contribution in [0.5, 0.6) is 0 Å². The number of allylic oxidation sites excluding steroid dienone is 1. The van der Waals surface area contributed by atoms with Gasteiger partial charge >= 0.3 is 17.9 Å². The number of aliphatic imine (C=N–C) groups is 1. The molecule has 1 aliphatic heterocycles. The Morgan fingerprint density at radius 2 is 1.97 bits per heavy atom. The fourth-order valence-corrected chi connectivity index (χ4v) is 3.57. The molecule has 0 bridgehead atoms. The van der Waals surface area contributed by atoms with Crippen molar-refractivity contribution in [3.63, 3.8) is 0 Å². The molecule has 2 rings (SSSR count). The number of amides is 3. The quantitative estimate of drug-likeness (QED) is 0.430. The van der Waals surface area contributed by atoms with Gasteiger partial charge in [0.2, 0.25) is 0 Å². The van der Waals surface area contributed by atoms with Crippen molar-refractivity contribution in [2.24, 2.45) is 16.6 Å². The number of rotatable bonds is 5. The van der Waals surface area contributed by atoms with Crippen molar-refractivity contribution in [1.82, 2.24) is 9.88 Å². The molecule has 0 saturated carbocycles. The predicted octanol–water partition coefficient (Wildman–Crippen LogP) is 3.75. The average Bonchev–Trinajstić information content (AvgIpc) is 2.77. The number of nitrogens with one attached hydrogen (secondary N) is 2. The molecule has 3 amide bonds. The second-order valence-electron chi connectivity index (χ2n) is 9.67. The second-order valence-corrected chi connectivity index (χ2v) is 9.67. The van der Waals surface area contributed by atoms with E-state index in [0.717, 1.165) is 6.42 Å². The Bertz CT molecular complexity index is 1040. The summed E-state index contributed by atoms with van der Waals surface area (Å²) >= 11 is 0. The van der Waals surface area contributed by atoms with Gasteiger partial charge in [0.1, 0.15) is 17.2 Å². The second kappa shape index (κ2) is 11.6. The number of carbonyl (C=O) groups excluding carboxylic acids is 3. The Labute approximate surface area is 206 Å². The van der Waals surface area contributed by atoms with Gasteiger partial charge in [-0.05, 0) is 76.7 Å². The number of anilines is 2. The minimum Gasteiger partial charge on any atom is -0.444 e. The molecule has 1 aromatic rings. The van der Waals surface area contributed by atoms with E-state index in [1.165, 1.54) is 17.3 Å². The summed E-state index contributed by atoms with van der Waals surface area (Å²) in [6.45, 7) is 15.3. The number of piperidine rings is 1. The van der Waals surface area contributed by atoms with Gasteiger partial charge in [0.05, 0.1) is 17.9 Å². The Kier molecular flexibility index (Phi) is 9.16. The highest BCUT2D eigenvalue weighted by molar-refractivity contribution is 6.39. The number of carbonyl (C=O) groups is 3. The minimum atomic E-state index is -0.782. The van der Waals surface area contributed by atoms with E-state index in [-0.39, 0.29) is 12.0 Å². The van der Waals surface area contributed by atoms with Gasteiger partial charge in [0.25, 0.3) is 0 Å². The summed E-state index contributed by atoms with van der Waals surface area (Å²) in [6, 6.07) is 1.27. The van der Waals surface area contributed by atoms with Crippen LogP contribution in [0.1, 0.15) is 53.0 Å². The van der Waals surface area contributed by atoms with Crippen LogP contribution in [0.3, 0.4) is 0 Å². The molecule has 35 heavy (non-hydrogen) atoms. The largest absolute Gasteiger partial charge is 0.444 e. The number of nitrogens with zero attached hydrogens (tertiary/aromatic N) is 3. The molecule has 1 aliphatic rings. The number of ether oxygens (including phenoxy) is 1. The van der Waals surface area contributed by atoms with Crippen LogP contribution in [0.2, 0.25) is 0 Å². The van der Waals surface area contributed by atoms with Crippen molar-refractivity contribution < 1.29 is 19.1 Å². The van der Waals surface area contributed by atoms with Crippen LogP contribution in [-0.2, 0) is 14.3 Å². The zero-order chi connectivity index (χ0) is 26.3. The van der Waals surface area contributed by atoms with Crippen LogP contribution in [0, 0.1) is 12.8 Å². The first-order valence-electron chi connectivity index (χ1n) is 11.5. The summed E-state index contributed by atoms with van der Waals surface area (Å²) in [4.78, 5) is 47.7. The van der Waals surface area contributed by atoms with Gasteiger partial charge in [-0.1, -0.05) is 13.5 Å². The maximum atomic E-state index is 13.1. The predicted molar refractivity (Wildman–Crippen MR) is 137 cm³/mol. The van der Waals surface area contributed by atoms with Gasteiger partial charge in [-0.2, -0.15) is 0 Å². The summed E-state index contributed by atoms with van der Waals surface area (Å²) in [7, 11) is 0. The first kappa shape index (κ1) is 27.6. The fourth-order valence-electron chi connectivity index (χ4n) is 3.57. The lowest BCUT2D eigenvalue weighted by molar-refractivity contribution is -0.145. The third-order valence-corrected chi connectivity index (χ3v) is 5.33. The van der Waals surface area contributed by atoms with Crippen LogP contribution in [0.15, 0.2) is 41.3 Å². The Morgan fingerprint density at radius 3 is 2.57 bits per heavy atom. The summed E-state index contributed by atoms with van der Waals surface area (Å²) in [5.74, 6) is -0.557. The van der Waals surface area contributed by atoms with E-state index in [1.54, 1.807) is 46.8 Å². The summed E-state index contributed by atoms with van der Waals surface area (Å²) in [6.07, 6.45) is 5.51. The molecule has 2 atom stereocenters. The molecule has 0 unspecified atom stereocenters. The van der Waals surface area contributed by atoms with E-state index in [1.807, 2.05) is 6.92 Å². The molecule has 4 N–H and O–H groups in total. The van der Waals surface area contributed by atoms with Crippen LogP contribution in [0.4, 0.5) is 16.3 Å². The summed E-state index contributed by atoms with van der Waals surface area (Å²) in [5, 5.41) is 5.18. The van der Waals surface area contributed by atoms with Crippen molar-refractivity contribution in [3.8, 4) is 0 Å². The SMILES string of the molecule is C=C(C=N/C(N)=C\C)[C@@H]1CC[C@@H](C)CN1C(=O)C(=O)Nc1cnc(NC(=O)OC(C)(C)C)c(C)c1. The number of likely N-dealkylation sites (tertiary alicyclic amines) is 1. The van der Waals surface area contributed by atoms with Crippen molar-refractivity contribution in [2.45, 2.75) is 66.0 Å². The standard InChI is InChI=1S/C25H36N6O4/c1-8-20(26)27-12-17(4)19-10-9-15(2)14-31(19)23(33)22(32)29-18-11-16(3)21(28-13-18)30-24(34)35-25(5,6)7/h8,11-13,15,19H,4,9-10,14,26H2,1-3,5-7H3,(H,29,32)(H,28,30,34)/b20-8-,27-12?/t15-,19+/m1/s1. The number of hydrogen-bond acceptors (Lipinski definition) is 7. The van der Waals surface area contributed by atoms with Gasteiger partial charge < -0.3 is 20.7 Å². The molecule has 10 nitrogen and oxygen atoms in total. The average molecular weight is 485 g/mol.